The average molecular weight is 490 g/mol. The molecule has 1 N–H and O–H groups in total. The molecule has 0 aromatic heterocycles. The third kappa shape index (κ3) is 5.74. The fourth-order valence-corrected chi connectivity index (χ4v) is 4.96. The second kappa shape index (κ2) is 10.7. The number of rotatable bonds is 5. The van der Waals surface area contributed by atoms with Gasteiger partial charge in [0.25, 0.3) is 0 Å². The fourth-order valence-electron chi connectivity index (χ4n) is 3.48. The van der Waals surface area contributed by atoms with E-state index in [1.807, 2.05) is 6.07 Å². The van der Waals surface area contributed by atoms with Gasteiger partial charge in [-0.2, -0.15) is 11.8 Å². The molecular formula is C19H31IN4OS. The van der Waals surface area contributed by atoms with Gasteiger partial charge in [-0.15, -0.1) is 24.0 Å². The largest absolute Gasteiger partial charge is 0.379 e. The van der Waals surface area contributed by atoms with Crippen molar-refractivity contribution in [3.05, 3.63) is 35.9 Å². The van der Waals surface area contributed by atoms with Crippen LogP contribution in [0, 0.1) is 0 Å². The zero-order chi connectivity index (χ0) is 17.5. The molecule has 2 aliphatic rings. The van der Waals surface area contributed by atoms with E-state index in [0.29, 0.717) is 6.54 Å². The van der Waals surface area contributed by atoms with Crippen LogP contribution in [0.3, 0.4) is 0 Å². The Morgan fingerprint density at radius 3 is 2.62 bits per heavy atom. The van der Waals surface area contributed by atoms with E-state index in [-0.39, 0.29) is 29.5 Å². The standard InChI is InChI=1S/C19H30N4OS.HI/c1-22(2)18(20-14-17-6-4-3-5-7-17)21-15-19(8-13-25-16-19)23-9-11-24-12-10-23;/h3-7H,8-16H2,1-2H3,(H,20,21);1H. The van der Waals surface area contributed by atoms with E-state index < -0.39 is 0 Å². The lowest BCUT2D eigenvalue weighted by Gasteiger charge is -2.43. The molecule has 2 saturated heterocycles. The van der Waals surface area contributed by atoms with Crippen LogP contribution in [0.15, 0.2) is 35.3 Å². The molecule has 1 unspecified atom stereocenters. The number of thioether (sulfide) groups is 1. The summed E-state index contributed by atoms with van der Waals surface area (Å²) in [6.07, 6.45) is 1.24. The average Bonchev–Trinajstić information content (AvgIpc) is 3.13. The summed E-state index contributed by atoms with van der Waals surface area (Å²) < 4.78 is 5.55. The highest BCUT2D eigenvalue weighted by Gasteiger charge is 2.40. The first-order chi connectivity index (χ1) is 12.2. The van der Waals surface area contributed by atoms with Gasteiger partial charge >= 0.3 is 0 Å². The summed E-state index contributed by atoms with van der Waals surface area (Å²) >= 11 is 2.07. The van der Waals surface area contributed by atoms with Crippen molar-refractivity contribution in [1.82, 2.24) is 15.1 Å². The Morgan fingerprint density at radius 1 is 1.27 bits per heavy atom. The van der Waals surface area contributed by atoms with Gasteiger partial charge in [0.2, 0.25) is 0 Å². The number of hydrogen-bond acceptors (Lipinski definition) is 4. The zero-order valence-electron chi connectivity index (χ0n) is 15.8. The van der Waals surface area contributed by atoms with Gasteiger partial charge in [0.05, 0.1) is 19.8 Å². The van der Waals surface area contributed by atoms with Crippen LogP contribution in [-0.4, -0.2) is 79.7 Å². The number of hydrogen-bond donors (Lipinski definition) is 1. The van der Waals surface area contributed by atoms with Crippen molar-refractivity contribution in [2.45, 2.75) is 18.5 Å². The first-order valence-electron chi connectivity index (χ1n) is 9.10. The second-order valence-corrected chi connectivity index (χ2v) is 8.10. The lowest BCUT2D eigenvalue weighted by Crippen LogP contribution is -2.60. The summed E-state index contributed by atoms with van der Waals surface area (Å²) in [4.78, 5) is 9.53. The molecule has 1 aromatic rings. The number of aliphatic imine (C=N–C) groups is 1. The van der Waals surface area contributed by atoms with Crippen molar-refractivity contribution in [2.75, 3.05) is 58.4 Å². The smallest absolute Gasteiger partial charge is 0.193 e. The van der Waals surface area contributed by atoms with Gasteiger partial charge < -0.3 is 15.0 Å². The van der Waals surface area contributed by atoms with Crippen LogP contribution >= 0.6 is 35.7 Å². The normalized spacial score (nSPS) is 24.2. The lowest BCUT2D eigenvalue weighted by atomic mass is 9.95. The van der Waals surface area contributed by atoms with Crippen LogP contribution in [-0.2, 0) is 11.3 Å². The summed E-state index contributed by atoms with van der Waals surface area (Å²) in [5, 5.41) is 3.65. The maximum absolute atomic E-state index is 5.55. The maximum atomic E-state index is 5.55. The number of ether oxygens (including phenoxy) is 1. The van der Waals surface area contributed by atoms with Crippen molar-refractivity contribution in [2.24, 2.45) is 4.99 Å². The number of guanidine groups is 1. The van der Waals surface area contributed by atoms with Gasteiger partial charge in [0.15, 0.2) is 5.96 Å². The fraction of sp³-hybridized carbons (Fsp3) is 0.632. The van der Waals surface area contributed by atoms with Gasteiger partial charge in [0.1, 0.15) is 0 Å². The van der Waals surface area contributed by atoms with E-state index in [4.69, 9.17) is 9.73 Å². The summed E-state index contributed by atoms with van der Waals surface area (Å²) in [5.41, 5.74) is 1.47. The van der Waals surface area contributed by atoms with Gasteiger partial charge in [-0.3, -0.25) is 4.90 Å². The van der Waals surface area contributed by atoms with Crippen molar-refractivity contribution >= 4 is 41.7 Å². The Hall–Kier alpha value is -0.510. The SMILES string of the molecule is CN(C)C(=NCc1ccccc1)NCC1(N2CCOCC2)CCSC1.I. The topological polar surface area (TPSA) is 40.1 Å². The Bertz CT molecular complexity index is 558. The molecule has 2 fully saturated rings. The highest BCUT2D eigenvalue weighted by Crippen LogP contribution is 2.33. The molecule has 0 saturated carbocycles. The Labute approximate surface area is 179 Å². The van der Waals surface area contributed by atoms with Gasteiger partial charge in [-0.1, -0.05) is 30.3 Å². The highest BCUT2D eigenvalue weighted by molar-refractivity contribution is 14.0. The lowest BCUT2D eigenvalue weighted by molar-refractivity contribution is -0.0121. The Morgan fingerprint density at radius 2 is 2.00 bits per heavy atom. The monoisotopic (exact) mass is 490 g/mol. The summed E-state index contributed by atoms with van der Waals surface area (Å²) in [6.45, 7) is 5.46. The number of benzene rings is 1. The highest BCUT2D eigenvalue weighted by atomic mass is 127. The molecule has 7 heteroatoms. The van der Waals surface area contributed by atoms with Crippen molar-refractivity contribution in [3.63, 3.8) is 0 Å². The molecule has 0 aliphatic carbocycles. The van der Waals surface area contributed by atoms with Crippen LogP contribution in [0.1, 0.15) is 12.0 Å². The minimum absolute atomic E-state index is 0. The van der Waals surface area contributed by atoms with Crippen LogP contribution in [0.5, 0.6) is 0 Å². The van der Waals surface area contributed by atoms with Crippen LogP contribution in [0.2, 0.25) is 0 Å². The molecule has 2 heterocycles. The Kier molecular flexibility index (Phi) is 8.99. The summed E-state index contributed by atoms with van der Waals surface area (Å²) in [7, 11) is 4.11. The van der Waals surface area contributed by atoms with E-state index in [1.54, 1.807) is 0 Å². The van der Waals surface area contributed by atoms with E-state index >= 15 is 0 Å². The predicted molar refractivity (Wildman–Crippen MR) is 122 cm³/mol. The summed E-state index contributed by atoms with van der Waals surface area (Å²) in [5.74, 6) is 3.41. The van der Waals surface area contributed by atoms with Crippen LogP contribution in [0.4, 0.5) is 0 Å². The molecule has 3 rings (SSSR count). The molecule has 1 aromatic carbocycles. The first kappa shape index (κ1) is 21.8. The second-order valence-electron chi connectivity index (χ2n) is 7.00. The number of morpholine rings is 1. The van der Waals surface area contributed by atoms with Crippen molar-refractivity contribution in [3.8, 4) is 0 Å². The summed E-state index contributed by atoms with van der Waals surface area (Å²) in [6, 6.07) is 10.4. The van der Waals surface area contributed by atoms with Gasteiger partial charge in [0, 0.05) is 45.0 Å². The van der Waals surface area contributed by atoms with E-state index in [0.717, 1.165) is 38.8 Å². The van der Waals surface area contributed by atoms with Crippen LogP contribution < -0.4 is 5.32 Å². The Balaban J connectivity index is 0.00000243. The minimum atomic E-state index is 0. The molecule has 2 aliphatic heterocycles. The first-order valence-corrected chi connectivity index (χ1v) is 10.3. The maximum Gasteiger partial charge on any atom is 0.193 e. The molecular weight excluding hydrogens is 459 g/mol. The van der Waals surface area contributed by atoms with E-state index in [9.17, 15) is 0 Å². The minimum Gasteiger partial charge on any atom is -0.379 e. The molecule has 0 radical (unpaired) electrons. The van der Waals surface area contributed by atoms with Crippen LogP contribution in [0.25, 0.3) is 0 Å². The third-order valence-electron chi connectivity index (χ3n) is 5.02. The van der Waals surface area contributed by atoms with E-state index in [1.165, 1.54) is 23.5 Å². The van der Waals surface area contributed by atoms with Crippen molar-refractivity contribution in [1.29, 1.82) is 0 Å². The molecule has 5 nitrogen and oxygen atoms in total. The van der Waals surface area contributed by atoms with E-state index in [2.05, 4.69) is 65.2 Å². The predicted octanol–water partition coefficient (Wildman–Crippen LogP) is 2.52. The van der Waals surface area contributed by atoms with Crippen molar-refractivity contribution < 1.29 is 4.74 Å². The molecule has 0 bridgehead atoms. The molecule has 26 heavy (non-hydrogen) atoms. The molecule has 146 valence electrons. The van der Waals surface area contributed by atoms with Gasteiger partial charge in [-0.25, -0.2) is 4.99 Å². The number of nitrogens with one attached hydrogen (secondary N) is 1. The molecule has 1 atom stereocenters. The number of nitrogens with zero attached hydrogens (tertiary/aromatic N) is 3. The molecule has 0 spiro atoms. The quantitative estimate of drug-likeness (QED) is 0.391. The third-order valence-corrected chi connectivity index (χ3v) is 6.25. The molecule has 0 amide bonds. The van der Waals surface area contributed by atoms with Gasteiger partial charge in [-0.05, 0) is 17.7 Å². The zero-order valence-corrected chi connectivity index (χ0v) is 19.0. The number of halogens is 1.